The maximum atomic E-state index is 6.35. The summed E-state index contributed by atoms with van der Waals surface area (Å²) in [7, 11) is 1.87. The summed E-state index contributed by atoms with van der Waals surface area (Å²) in [6.07, 6.45) is 7.02. The fourth-order valence-electron chi connectivity index (χ4n) is 3.55. The molecule has 0 aliphatic heterocycles. The molecular weight excluding hydrogens is 336 g/mol. The van der Waals surface area contributed by atoms with Crippen LogP contribution in [0.2, 0.25) is 5.15 Å². The molecule has 0 fully saturated rings. The normalized spacial score (nSPS) is 16.8. The van der Waals surface area contributed by atoms with Crippen molar-refractivity contribution in [2.45, 2.75) is 38.8 Å². The lowest BCUT2D eigenvalue weighted by atomic mass is 9.93. The third-order valence-corrected chi connectivity index (χ3v) is 5.32. The van der Waals surface area contributed by atoms with Crippen LogP contribution < -0.4 is 5.32 Å². The van der Waals surface area contributed by atoms with E-state index in [-0.39, 0.29) is 6.04 Å². The molecule has 1 aliphatic carbocycles. The van der Waals surface area contributed by atoms with Crippen molar-refractivity contribution in [3.05, 3.63) is 58.3 Å². The summed E-state index contributed by atoms with van der Waals surface area (Å²) in [6, 6.07) is 6.17. The highest BCUT2D eigenvalue weighted by molar-refractivity contribution is 6.30. The van der Waals surface area contributed by atoms with Crippen molar-refractivity contribution in [1.29, 1.82) is 0 Å². The fraction of sp³-hybridized carbons (Fsp3) is 0.389. The summed E-state index contributed by atoms with van der Waals surface area (Å²) in [5, 5.41) is 13.3. The fourth-order valence-corrected chi connectivity index (χ4v) is 3.79. The van der Waals surface area contributed by atoms with Crippen LogP contribution in [0.15, 0.2) is 30.6 Å². The summed E-state index contributed by atoms with van der Waals surface area (Å²) in [4.78, 5) is 4.43. The number of hydrogen-bond donors (Lipinski definition) is 1. The van der Waals surface area contributed by atoms with Crippen molar-refractivity contribution >= 4 is 11.6 Å². The van der Waals surface area contributed by atoms with E-state index in [0.717, 1.165) is 36.3 Å². The van der Waals surface area contributed by atoms with E-state index in [4.69, 9.17) is 11.6 Å². The first-order chi connectivity index (χ1) is 12.1. The molecule has 0 aromatic carbocycles. The van der Waals surface area contributed by atoms with Crippen molar-refractivity contribution in [1.82, 2.24) is 29.9 Å². The maximum Gasteiger partial charge on any atom is 0.153 e. The van der Waals surface area contributed by atoms with Gasteiger partial charge in [0, 0.05) is 37.0 Å². The summed E-state index contributed by atoms with van der Waals surface area (Å²) >= 11 is 6.35. The van der Waals surface area contributed by atoms with E-state index in [0.29, 0.717) is 11.7 Å². The number of rotatable bonds is 4. The Bertz CT molecular complexity index is 883. The van der Waals surface area contributed by atoms with Crippen LogP contribution in [0.1, 0.15) is 41.4 Å². The second-order valence-corrected chi connectivity index (χ2v) is 6.81. The van der Waals surface area contributed by atoms with Crippen molar-refractivity contribution in [2.24, 2.45) is 7.05 Å². The lowest BCUT2D eigenvalue weighted by molar-refractivity contribution is 0.454. The molecule has 7 heteroatoms. The Morgan fingerprint density at radius 1 is 1.36 bits per heavy atom. The van der Waals surface area contributed by atoms with Crippen LogP contribution in [0.4, 0.5) is 0 Å². The Kier molecular flexibility index (Phi) is 4.31. The van der Waals surface area contributed by atoms with Crippen LogP contribution in [0.5, 0.6) is 0 Å². The zero-order chi connectivity index (χ0) is 17.4. The molecule has 1 unspecified atom stereocenters. The first-order valence-corrected chi connectivity index (χ1v) is 8.92. The summed E-state index contributed by atoms with van der Waals surface area (Å²) < 4.78 is 3.69. The van der Waals surface area contributed by atoms with Gasteiger partial charge in [-0.25, -0.2) is 9.67 Å². The van der Waals surface area contributed by atoms with Crippen molar-refractivity contribution in [3.63, 3.8) is 0 Å². The number of hydrogen-bond acceptors (Lipinski definition) is 4. The van der Waals surface area contributed by atoms with E-state index in [1.54, 1.807) is 10.9 Å². The van der Waals surface area contributed by atoms with Gasteiger partial charge in [0.25, 0.3) is 0 Å². The van der Waals surface area contributed by atoms with E-state index in [1.165, 1.54) is 11.3 Å². The van der Waals surface area contributed by atoms with Gasteiger partial charge in [-0.2, -0.15) is 10.2 Å². The second-order valence-electron chi connectivity index (χ2n) is 6.45. The molecule has 130 valence electrons. The average Bonchev–Trinajstić information content (AvgIpc) is 3.16. The third kappa shape index (κ3) is 2.96. The minimum atomic E-state index is 0.275. The molecule has 0 saturated heterocycles. The topological polar surface area (TPSA) is 60.6 Å². The van der Waals surface area contributed by atoms with Gasteiger partial charge in [-0.15, -0.1) is 0 Å². The first kappa shape index (κ1) is 16.3. The van der Waals surface area contributed by atoms with Gasteiger partial charge in [0.15, 0.2) is 5.82 Å². The van der Waals surface area contributed by atoms with Crippen LogP contribution in [0.3, 0.4) is 0 Å². The average molecular weight is 357 g/mol. The molecular formula is C18H21ClN6. The van der Waals surface area contributed by atoms with Crippen LogP contribution in [-0.4, -0.2) is 24.5 Å². The van der Waals surface area contributed by atoms with E-state index in [1.807, 2.05) is 43.0 Å². The number of pyridine rings is 1. The van der Waals surface area contributed by atoms with Crippen molar-refractivity contribution in [2.75, 3.05) is 0 Å². The number of aromatic nitrogens is 5. The highest BCUT2D eigenvalue weighted by atomic mass is 35.5. The minimum Gasteiger partial charge on any atom is -0.306 e. The summed E-state index contributed by atoms with van der Waals surface area (Å²) in [5.74, 6) is 0.871. The quantitative estimate of drug-likeness (QED) is 0.780. The highest BCUT2D eigenvalue weighted by Gasteiger charge is 2.25. The van der Waals surface area contributed by atoms with Gasteiger partial charge < -0.3 is 5.32 Å². The monoisotopic (exact) mass is 356 g/mol. The highest BCUT2D eigenvalue weighted by Crippen LogP contribution is 2.31. The van der Waals surface area contributed by atoms with Gasteiger partial charge >= 0.3 is 0 Å². The molecule has 6 nitrogen and oxygen atoms in total. The third-order valence-electron chi connectivity index (χ3n) is 4.84. The van der Waals surface area contributed by atoms with Crippen molar-refractivity contribution in [3.8, 4) is 5.82 Å². The largest absolute Gasteiger partial charge is 0.306 e. The van der Waals surface area contributed by atoms with E-state index >= 15 is 0 Å². The molecule has 0 bridgehead atoms. The van der Waals surface area contributed by atoms with Gasteiger partial charge in [-0.3, -0.25) is 4.68 Å². The molecule has 0 radical (unpaired) electrons. The summed E-state index contributed by atoms with van der Waals surface area (Å²) in [6.45, 7) is 2.70. The number of fused-ring (bicyclic) bond motifs is 1. The Hall–Kier alpha value is -2.18. The van der Waals surface area contributed by atoms with Crippen LogP contribution in [0, 0.1) is 6.92 Å². The van der Waals surface area contributed by atoms with Crippen LogP contribution in [-0.2, 0) is 20.0 Å². The standard InChI is InChI=1S/C18H21ClN6/c1-12-13(18(19)24(2)23-12)10-21-15-6-5-7-16-14(15)11-22-25(16)17-8-3-4-9-20-17/h3-4,8-9,11,15,21H,5-7,10H2,1-2H3. The zero-order valence-corrected chi connectivity index (χ0v) is 15.2. The molecule has 25 heavy (non-hydrogen) atoms. The molecule has 0 saturated carbocycles. The number of nitrogens with zero attached hydrogens (tertiary/aromatic N) is 5. The Morgan fingerprint density at radius 2 is 2.24 bits per heavy atom. The lowest BCUT2D eigenvalue weighted by Gasteiger charge is -2.24. The predicted octanol–water partition coefficient (Wildman–Crippen LogP) is 3.13. The van der Waals surface area contributed by atoms with Gasteiger partial charge in [0.05, 0.1) is 17.6 Å². The Labute approximate surface area is 151 Å². The predicted molar refractivity (Wildman–Crippen MR) is 96.8 cm³/mol. The first-order valence-electron chi connectivity index (χ1n) is 8.54. The van der Waals surface area contributed by atoms with Crippen LogP contribution in [0.25, 0.3) is 5.82 Å². The molecule has 1 aliphatic rings. The number of nitrogens with one attached hydrogen (secondary N) is 1. The minimum absolute atomic E-state index is 0.275. The van der Waals surface area contributed by atoms with Crippen molar-refractivity contribution < 1.29 is 0 Å². The molecule has 0 spiro atoms. The summed E-state index contributed by atoms with van der Waals surface area (Å²) in [5.41, 5.74) is 4.54. The molecule has 1 N–H and O–H groups in total. The molecule has 1 atom stereocenters. The maximum absolute atomic E-state index is 6.35. The Morgan fingerprint density at radius 3 is 2.96 bits per heavy atom. The van der Waals surface area contributed by atoms with Gasteiger partial charge in [0.1, 0.15) is 5.15 Å². The van der Waals surface area contributed by atoms with E-state index in [2.05, 4.69) is 20.5 Å². The molecule has 3 heterocycles. The molecule has 3 aromatic rings. The van der Waals surface area contributed by atoms with E-state index < -0.39 is 0 Å². The zero-order valence-electron chi connectivity index (χ0n) is 14.4. The Balaban J connectivity index is 1.57. The van der Waals surface area contributed by atoms with Gasteiger partial charge in [0.2, 0.25) is 0 Å². The number of aryl methyl sites for hydroxylation is 2. The second kappa shape index (κ2) is 6.61. The number of halogens is 1. The molecule has 3 aromatic heterocycles. The molecule has 4 rings (SSSR count). The lowest BCUT2D eigenvalue weighted by Crippen LogP contribution is -2.25. The van der Waals surface area contributed by atoms with Gasteiger partial charge in [-0.1, -0.05) is 17.7 Å². The van der Waals surface area contributed by atoms with Gasteiger partial charge in [-0.05, 0) is 38.3 Å². The SMILES string of the molecule is Cc1nn(C)c(Cl)c1CNC1CCCc2c1cnn2-c1ccccn1. The molecule has 0 amide bonds. The van der Waals surface area contributed by atoms with Crippen LogP contribution >= 0.6 is 11.6 Å². The smallest absolute Gasteiger partial charge is 0.153 e. The van der Waals surface area contributed by atoms with E-state index in [9.17, 15) is 0 Å².